The molecular weight excluding hydrogens is 192 g/mol. The van der Waals surface area contributed by atoms with Crippen molar-refractivity contribution in [3.05, 3.63) is 36.3 Å². The van der Waals surface area contributed by atoms with Gasteiger partial charge >= 0.3 is 0 Å². The number of aromatic nitrogens is 2. The SMILES string of the molecule is CCC(=O)c1cc(-c2ccncc2)on1. The molecule has 0 N–H and O–H groups in total. The first-order valence-corrected chi connectivity index (χ1v) is 4.71. The minimum absolute atomic E-state index is 0.0148. The third-order valence-electron chi connectivity index (χ3n) is 2.08. The lowest BCUT2D eigenvalue weighted by molar-refractivity contribution is 0.0979. The summed E-state index contributed by atoms with van der Waals surface area (Å²) in [6, 6.07) is 5.27. The van der Waals surface area contributed by atoms with Crippen LogP contribution in [0.25, 0.3) is 11.3 Å². The maximum absolute atomic E-state index is 11.3. The van der Waals surface area contributed by atoms with Crippen LogP contribution in [0.15, 0.2) is 35.1 Å². The van der Waals surface area contributed by atoms with Gasteiger partial charge in [0, 0.05) is 30.4 Å². The molecule has 76 valence electrons. The standard InChI is InChI=1S/C11H10N2O2/c1-2-10(14)9-7-11(15-13-9)8-3-5-12-6-4-8/h3-7H,2H2,1H3. The highest BCUT2D eigenvalue weighted by molar-refractivity contribution is 5.94. The predicted molar refractivity (Wildman–Crippen MR) is 54.4 cm³/mol. The van der Waals surface area contributed by atoms with Crippen LogP contribution < -0.4 is 0 Å². The molecule has 15 heavy (non-hydrogen) atoms. The first-order chi connectivity index (χ1) is 7.31. The van der Waals surface area contributed by atoms with Crippen molar-refractivity contribution in [3.63, 3.8) is 0 Å². The van der Waals surface area contributed by atoms with E-state index < -0.39 is 0 Å². The molecule has 2 aromatic heterocycles. The summed E-state index contributed by atoms with van der Waals surface area (Å²) in [5, 5.41) is 3.72. The Morgan fingerprint density at radius 2 is 2.13 bits per heavy atom. The molecule has 0 atom stereocenters. The number of ketones is 1. The fourth-order valence-electron chi connectivity index (χ4n) is 1.24. The molecule has 0 aromatic carbocycles. The lowest BCUT2D eigenvalue weighted by Crippen LogP contribution is -1.95. The van der Waals surface area contributed by atoms with Gasteiger partial charge in [-0.05, 0) is 12.1 Å². The van der Waals surface area contributed by atoms with E-state index in [0.29, 0.717) is 17.9 Å². The van der Waals surface area contributed by atoms with Gasteiger partial charge in [-0.15, -0.1) is 0 Å². The van der Waals surface area contributed by atoms with E-state index in [4.69, 9.17) is 4.52 Å². The molecular formula is C11H10N2O2. The van der Waals surface area contributed by atoms with Crippen molar-refractivity contribution < 1.29 is 9.32 Å². The van der Waals surface area contributed by atoms with E-state index in [1.165, 1.54) is 0 Å². The average Bonchev–Trinajstić information content (AvgIpc) is 2.78. The largest absolute Gasteiger partial charge is 0.356 e. The summed E-state index contributed by atoms with van der Waals surface area (Å²) in [5.41, 5.74) is 1.25. The first kappa shape index (κ1) is 9.58. The van der Waals surface area contributed by atoms with Crippen molar-refractivity contribution in [2.45, 2.75) is 13.3 Å². The molecule has 0 unspecified atom stereocenters. The molecule has 0 bridgehead atoms. The number of nitrogens with zero attached hydrogens (tertiary/aromatic N) is 2. The summed E-state index contributed by atoms with van der Waals surface area (Å²) >= 11 is 0. The van der Waals surface area contributed by atoms with Gasteiger partial charge in [-0.1, -0.05) is 12.1 Å². The molecule has 0 amide bonds. The molecule has 0 radical (unpaired) electrons. The average molecular weight is 202 g/mol. The molecule has 0 fully saturated rings. The topological polar surface area (TPSA) is 56.0 Å². The highest BCUT2D eigenvalue weighted by atomic mass is 16.5. The van der Waals surface area contributed by atoms with E-state index in [-0.39, 0.29) is 5.78 Å². The Balaban J connectivity index is 2.32. The van der Waals surface area contributed by atoms with E-state index in [0.717, 1.165) is 5.56 Å². The van der Waals surface area contributed by atoms with E-state index in [9.17, 15) is 4.79 Å². The summed E-state index contributed by atoms with van der Waals surface area (Å²) in [6.45, 7) is 1.79. The Morgan fingerprint density at radius 3 is 2.80 bits per heavy atom. The van der Waals surface area contributed by atoms with Gasteiger partial charge in [0.15, 0.2) is 11.5 Å². The van der Waals surface area contributed by atoms with Crippen LogP contribution in [0.1, 0.15) is 23.8 Å². The summed E-state index contributed by atoms with van der Waals surface area (Å²) in [4.78, 5) is 15.2. The second-order valence-electron chi connectivity index (χ2n) is 3.09. The lowest BCUT2D eigenvalue weighted by Gasteiger charge is -1.90. The van der Waals surface area contributed by atoms with Crippen LogP contribution in [0.4, 0.5) is 0 Å². The van der Waals surface area contributed by atoms with Crippen LogP contribution in [0.3, 0.4) is 0 Å². The highest BCUT2D eigenvalue weighted by Crippen LogP contribution is 2.19. The van der Waals surface area contributed by atoms with Gasteiger partial charge in [0.1, 0.15) is 5.69 Å². The van der Waals surface area contributed by atoms with E-state index in [2.05, 4.69) is 10.1 Å². The van der Waals surface area contributed by atoms with Gasteiger partial charge in [0.2, 0.25) is 0 Å². The van der Waals surface area contributed by atoms with Crippen LogP contribution in [-0.2, 0) is 0 Å². The van der Waals surface area contributed by atoms with Crippen LogP contribution in [-0.4, -0.2) is 15.9 Å². The van der Waals surface area contributed by atoms with Crippen molar-refractivity contribution in [2.75, 3.05) is 0 Å². The van der Waals surface area contributed by atoms with E-state index in [1.807, 2.05) is 0 Å². The van der Waals surface area contributed by atoms with Gasteiger partial charge in [-0.3, -0.25) is 9.78 Å². The Hall–Kier alpha value is -1.97. The van der Waals surface area contributed by atoms with Crippen molar-refractivity contribution in [3.8, 4) is 11.3 Å². The number of Topliss-reactive ketones (excluding diaryl/α,β-unsaturated/α-hetero) is 1. The van der Waals surface area contributed by atoms with Crippen LogP contribution >= 0.6 is 0 Å². The number of carbonyl (C=O) groups excluding carboxylic acids is 1. The highest BCUT2D eigenvalue weighted by Gasteiger charge is 2.11. The zero-order chi connectivity index (χ0) is 10.7. The van der Waals surface area contributed by atoms with Gasteiger partial charge in [0.05, 0.1) is 0 Å². The van der Waals surface area contributed by atoms with Gasteiger partial charge in [0.25, 0.3) is 0 Å². The zero-order valence-corrected chi connectivity index (χ0v) is 8.30. The number of pyridine rings is 1. The fraction of sp³-hybridized carbons (Fsp3) is 0.182. The smallest absolute Gasteiger partial charge is 0.184 e. The molecule has 4 nitrogen and oxygen atoms in total. The number of hydrogen-bond acceptors (Lipinski definition) is 4. The summed E-state index contributed by atoms with van der Waals surface area (Å²) < 4.78 is 5.08. The predicted octanol–water partition coefficient (Wildman–Crippen LogP) is 2.33. The Labute approximate surface area is 86.9 Å². The normalized spacial score (nSPS) is 10.2. The molecule has 2 rings (SSSR count). The van der Waals surface area contributed by atoms with Crippen molar-refractivity contribution >= 4 is 5.78 Å². The third-order valence-corrected chi connectivity index (χ3v) is 2.08. The molecule has 2 heterocycles. The molecule has 0 aliphatic rings. The van der Waals surface area contributed by atoms with Gasteiger partial charge in [-0.2, -0.15) is 0 Å². The Bertz CT molecular complexity index is 462. The lowest BCUT2D eigenvalue weighted by atomic mass is 10.1. The zero-order valence-electron chi connectivity index (χ0n) is 8.30. The number of carbonyl (C=O) groups is 1. The summed E-state index contributed by atoms with van der Waals surface area (Å²) in [7, 11) is 0. The molecule has 0 aliphatic heterocycles. The third kappa shape index (κ3) is 1.93. The minimum Gasteiger partial charge on any atom is -0.356 e. The number of hydrogen-bond donors (Lipinski definition) is 0. The maximum atomic E-state index is 11.3. The Morgan fingerprint density at radius 1 is 1.40 bits per heavy atom. The second kappa shape index (κ2) is 4.04. The molecule has 2 aromatic rings. The molecule has 0 saturated carbocycles. The maximum Gasteiger partial charge on any atom is 0.184 e. The molecule has 4 heteroatoms. The van der Waals surface area contributed by atoms with Crippen LogP contribution in [0.5, 0.6) is 0 Å². The van der Waals surface area contributed by atoms with Crippen LogP contribution in [0.2, 0.25) is 0 Å². The van der Waals surface area contributed by atoms with E-state index in [1.54, 1.807) is 37.5 Å². The molecule has 0 aliphatic carbocycles. The van der Waals surface area contributed by atoms with Crippen molar-refractivity contribution in [2.24, 2.45) is 0 Å². The monoisotopic (exact) mass is 202 g/mol. The Kier molecular flexibility index (Phi) is 2.58. The van der Waals surface area contributed by atoms with Crippen LogP contribution in [0, 0.1) is 0 Å². The quantitative estimate of drug-likeness (QED) is 0.717. The van der Waals surface area contributed by atoms with E-state index >= 15 is 0 Å². The second-order valence-corrected chi connectivity index (χ2v) is 3.09. The molecule has 0 saturated heterocycles. The number of rotatable bonds is 3. The summed E-state index contributed by atoms with van der Waals surface area (Å²) in [6.07, 6.45) is 3.76. The fourth-order valence-corrected chi connectivity index (χ4v) is 1.24. The minimum atomic E-state index is -0.0148. The van der Waals surface area contributed by atoms with Gasteiger partial charge < -0.3 is 4.52 Å². The van der Waals surface area contributed by atoms with Gasteiger partial charge in [-0.25, -0.2) is 0 Å². The first-order valence-electron chi connectivity index (χ1n) is 4.71. The summed E-state index contributed by atoms with van der Waals surface area (Å²) in [5.74, 6) is 0.577. The van der Waals surface area contributed by atoms with Crippen molar-refractivity contribution in [1.82, 2.24) is 10.1 Å². The molecule has 0 spiro atoms. The van der Waals surface area contributed by atoms with Crippen molar-refractivity contribution in [1.29, 1.82) is 0 Å².